The van der Waals surface area contributed by atoms with Crippen molar-refractivity contribution >= 4 is 17.6 Å². The van der Waals surface area contributed by atoms with Crippen LogP contribution in [0, 0.1) is 22.0 Å². The van der Waals surface area contributed by atoms with Crippen molar-refractivity contribution in [2.45, 2.75) is 25.9 Å². The van der Waals surface area contributed by atoms with Gasteiger partial charge in [0.05, 0.1) is 16.8 Å². The van der Waals surface area contributed by atoms with Crippen LogP contribution in [-0.2, 0) is 14.3 Å². The smallest absolute Gasteiger partial charge is 0.310 e. The minimum atomic E-state index is -1.03. The van der Waals surface area contributed by atoms with Crippen molar-refractivity contribution in [1.29, 1.82) is 0 Å². The summed E-state index contributed by atoms with van der Waals surface area (Å²) >= 11 is 0. The average molecular weight is 319 g/mol. The molecule has 122 valence electrons. The number of carbonyl (C=O) groups excluding carboxylic acids is 1. The molecule has 0 heterocycles. The number of carboxylic acid groups (broad SMARTS) is 1. The minimum Gasteiger partial charge on any atom is -0.481 e. The number of nitro groups is 1. The molecule has 7 heteroatoms. The highest BCUT2D eigenvalue weighted by atomic mass is 16.6. The molecule has 2 rings (SSSR count). The van der Waals surface area contributed by atoms with Gasteiger partial charge in [-0.25, -0.2) is 0 Å². The molecule has 1 aromatic carbocycles. The van der Waals surface area contributed by atoms with E-state index in [1.165, 1.54) is 18.2 Å². The van der Waals surface area contributed by atoms with Crippen LogP contribution in [0.1, 0.15) is 31.4 Å². The number of hydrogen-bond acceptors (Lipinski definition) is 5. The van der Waals surface area contributed by atoms with Crippen LogP contribution in [-0.4, -0.2) is 22.0 Å². The maximum absolute atomic E-state index is 12.3. The van der Waals surface area contributed by atoms with Crippen LogP contribution in [0.2, 0.25) is 0 Å². The maximum Gasteiger partial charge on any atom is 0.310 e. The van der Waals surface area contributed by atoms with Gasteiger partial charge in [0.15, 0.2) is 0 Å². The highest BCUT2D eigenvalue weighted by Crippen LogP contribution is 2.30. The van der Waals surface area contributed by atoms with Gasteiger partial charge in [-0.15, -0.1) is 0 Å². The highest BCUT2D eigenvalue weighted by molar-refractivity contribution is 5.82. The molecule has 0 unspecified atom stereocenters. The number of non-ortho nitro benzene ring substituents is 1. The fraction of sp³-hybridized carbons (Fsp3) is 0.375. The number of rotatable bonds is 5. The molecule has 1 aromatic rings. The summed E-state index contributed by atoms with van der Waals surface area (Å²) in [4.78, 5) is 33.8. The molecule has 0 fully saturated rings. The molecular formula is C16H17NO6. The number of benzene rings is 1. The van der Waals surface area contributed by atoms with E-state index >= 15 is 0 Å². The molecule has 0 radical (unpaired) electrons. The van der Waals surface area contributed by atoms with E-state index in [1.807, 2.05) is 0 Å². The topological polar surface area (TPSA) is 107 Å². The molecule has 3 atom stereocenters. The van der Waals surface area contributed by atoms with Crippen LogP contribution >= 0.6 is 0 Å². The summed E-state index contributed by atoms with van der Waals surface area (Å²) in [5, 5.41) is 20.0. The van der Waals surface area contributed by atoms with Crippen molar-refractivity contribution in [3.05, 3.63) is 52.1 Å². The summed E-state index contributed by atoms with van der Waals surface area (Å²) < 4.78 is 5.33. The maximum atomic E-state index is 12.3. The van der Waals surface area contributed by atoms with Gasteiger partial charge in [0.2, 0.25) is 0 Å². The molecule has 0 aromatic heterocycles. The van der Waals surface area contributed by atoms with Crippen molar-refractivity contribution in [2.24, 2.45) is 11.8 Å². The molecule has 0 saturated carbocycles. The standard InChI is InChI=1S/C16H17NO6/c1-10(11-5-4-6-12(9-11)17(21)22)23-16(20)14-8-3-2-7-13(14)15(18)19/h2-6,9-10,13-14H,7-8H2,1H3,(H,18,19)/t10-,13-,14+/m0/s1. The van der Waals surface area contributed by atoms with Gasteiger partial charge in [0, 0.05) is 12.1 Å². The van der Waals surface area contributed by atoms with E-state index < -0.39 is 34.8 Å². The van der Waals surface area contributed by atoms with Crippen LogP contribution in [0.4, 0.5) is 5.69 Å². The van der Waals surface area contributed by atoms with E-state index in [0.717, 1.165) is 0 Å². The first-order chi connectivity index (χ1) is 10.9. The number of ether oxygens (including phenoxy) is 1. The van der Waals surface area contributed by atoms with Crippen LogP contribution in [0.25, 0.3) is 0 Å². The van der Waals surface area contributed by atoms with Gasteiger partial charge in [-0.05, 0) is 25.3 Å². The zero-order valence-electron chi connectivity index (χ0n) is 12.5. The van der Waals surface area contributed by atoms with Gasteiger partial charge in [0.25, 0.3) is 5.69 Å². The number of nitrogens with zero attached hydrogens (tertiary/aromatic N) is 1. The largest absolute Gasteiger partial charge is 0.481 e. The minimum absolute atomic E-state index is 0.0885. The van der Waals surface area contributed by atoms with Gasteiger partial charge in [-0.1, -0.05) is 24.3 Å². The number of aliphatic carboxylic acids is 1. The second-order valence-corrected chi connectivity index (χ2v) is 5.43. The van der Waals surface area contributed by atoms with E-state index in [-0.39, 0.29) is 5.69 Å². The monoisotopic (exact) mass is 319 g/mol. The van der Waals surface area contributed by atoms with Gasteiger partial charge in [-0.2, -0.15) is 0 Å². The van der Waals surface area contributed by atoms with E-state index in [0.29, 0.717) is 18.4 Å². The van der Waals surface area contributed by atoms with Gasteiger partial charge >= 0.3 is 11.9 Å². The molecule has 1 aliphatic carbocycles. The lowest BCUT2D eigenvalue weighted by atomic mass is 9.83. The van der Waals surface area contributed by atoms with Crippen LogP contribution < -0.4 is 0 Å². The summed E-state index contributed by atoms with van der Waals surface area (Å²) in [7, 11) is 0. The Balaban J connectivity index is 2.10. The fourth-order valence-corrected chi connectivity index (χ4v) is 2.57. The third kappa shape index (κ3) is 3.94. The van der Waals surface area contributed by atoms with Gasteiger partial charge in [0.1, 0.15) is 6.10 Å². The number of esters is 1. The second-order valence-electron chi connectivity index (χ2n) is 5.43. The Morgan fingerprint density at radius 2 is 1.96 bits per heavy atom. The SMILES string of the molecule is C[C@H](OC(=O)[C@@H]1CC=CC[C@@H]1C(=O)O)c1cccc([N+](=O)[O-])c1. The van der Waals surface area contributed by atoms with Gasteiger partial charge in [-0.3, -0.25) is 19.7 Å². The molecule has 0 aliphatic heterocycles. The normalized spacial score (nSPS) is 21.4. The Bertz CT molecular complexity index is 654. The lowest BCUT2D eigenvalue weighted by molar-refractivity contribution is -0.385. The van der Waals surface area contributed by atoms with Crippen molar-refractivity contribution in [3.8, 4) is 0 Å². The zero-order chi connectivity index (χ0) is 17.0. The quantitative estimate of drug-likeness (QED) is 0.387. The highest BCUT2D eigenvalue weighted by Gasteiger charge is 2.35. The predicted molar refractivity (Wildman–Crippen MR) is 80.6 cm³/mol. The Morgan fingerprint density at radius 1 is 1.30 bits per heavy atom. The Hall–Kier alpha value is -2.70. The molecular weight excluding hydrogens is 302 g/mol. The Kier molecular flexibility index (Phi) is 5.10. The molecule has 0 bridgehead atoms. The summed E-state index contributed by atoms with van der Waals surface area (Å²) in [5.74, 6) is -3.16. The Labute approximate surface area is 132 Å². The molecule has 1 aliphatic rings. The number of carboxylic acids is 1. The molecule has 0 spiro atoms. The van der Waals surface area contributed by atoms with Crippen molar-refractivity contribution < 1.29 is 24.4 Å². The third-order valence-electron chi connectivity index (χ3n) is 3.90. The van der Waals surface area contributed by atoms with Gasteiger partial charge < -0.3 is 9.84 Å². The predicted octanol–water partition coefficient (Wildman–Crippen LogP) is 2.87. The van der Waals surface area contributed by atoms with Crippen LogP contribution in [0.3, 0.4) is 0 Å². The molecule has 23 heavy (non-hydrogen) atoms. The zero-order valence-corrected chi connectivity index (χ0v) is 12.5. The summed E-state index contributed by atoms with van der Waals surface area (Å²) in [6.07, 6.45) is 3.43. The number of hydrogen-bond donors (Lipinski definition) is 1. The lowest BCUT2D eigenvalue weighted by Gasteiger charge is -2.25. The van der Waals surface area contributed by atoms with E-state index in [9.17, 15) is 24.8 Å². The van der Waals surface area contributed by atoms with Crippen molar-refractivity contribution in [1.82, 2.24) is 0 Å². The third-order valence-corrected chi connectivity index (χ3v) is 3.90. The molecule has 0 saturated heterocycles. The van der Waals surface area contributed by atoms with E-state index in [1.54, 1.807) is 25.1 Å². The van der Waals surface area contributed by atoms with Crippen LogP contribution in [0.5, 0.6) is 0 Å². The van der Waals surface area contributed by atoms with Crippen LogP contribution in [0.15, 0.2) is 36.4 Å². The first-order valence-corrected chi connectivity index (χ1v) is 7.22. The molecule has 0 amide bonds. The molecule has 1 N–H and O–H groups in total. The number of nitro benzene ring substituents is 1. The average Bonchev–Trinajstić information content (AvgIpc) is 2.54. The molecule has 7 nitrogen and oxygen atoms in total. The first-order valence-electron chi connectivity index (χ1n) is 7.22. The summed E-state index contributed by atoms with van der Waals surface area (Å²) in [6.45, 7) is 1.60. The van der Waals surface area contributed by atoms with Crippen molar-refractivity contribution in [3.63, 3.8) is 0 Å². The first kappa shape index (κ1) is 16.7. The lowest BCUT2D eigenvalue weighted by Crippen LogP contribution is -2.32. The summed E-state index contributed by atoms with van der Waals surface area (Å²) in [5.41, 5.74) is 0.403. The summed E-state index contributed by atoms with van der Waals surface area (Å²) in [6, 6.07) is 5.83. The van der Waals surface area contributed by atoms with Crippen molar-refractivity contribution in [2.75, 3.05) is 0 Å². The van der Waals surface area contributed by atoms with E-state index in [4.69, 9.17) is 4.74 Å². The number of allylic oxidation sites excluding steroid dienone is 2. The fourth-order valence-electron chi connectivity index (χ4n) is 2.57. The second kappa shape index (κ2) is 7.04. The van der Waals surface area contributed by atoms with E-state index in [2.05, 4.69) is 0 Å². The Morgan fingerprint density at radius 3 is 2.57 bits per heavy atom. The number of carbonyl (C=O) groups is 2.